The van der Waals surface area contributed by atoms with Gasteiger partial charge in [-0.05, 0) is 27.4 Å². The molecule has 0 unspecified atom stereocenters. The summed E-state index contributed by atoms with van der Waals surface area (Å²) < 4.78 is 2.91. The Morgan fingerprint density at radius 2 is 2.43 bits per heavy atom. The molecule has 2 aromatic heterocycles. The Morgan fingerprint density at radius 1 is 1.57 bits per heavy atom. The zero-order chi connectivity index (χ0) is 9.97. The monoisotopic (exact) mass is 273 g/mol. The van der Waals surface area contributed by atoms with Gasteiger partial charge in [-0.15, -0.1) is 21.5 Å². The largest absolute Gasteiger partial charge is 0.388 e. The van der Waals surface area contributed by atoms with Gasteiger partial charge in [0.2, 0.25) is 0 Å². The second-order valence-corrected chi connectivity index (χ2v) is 4.58. The van der Waals surface area contributed by atoms with E-state index in [1.54, 1.807) is 17.7 Å². The molecule has 0 saturated carbocycles. The molecule has 0 radical (unpaired) electrons. The summed E-state index contributed by atoms with van der Waals surface area (Å²) in [4.78, 5) is 1.19. The number of hydrogen-bond donors (Lipinski definition) is 1. The number of aliphatic hydroxyl groups excluding tert-OH is 1. The molecular formula is C8H8BrN3OS. The fourth-order valence-electron chi connectivity index (χ4n) is 1.13. The Hall–Kier alpha value is -0.720. The summed E-state index contributed by atoms with van der Waals surface area (Å²) in [5, 5.41) is 18.5. The van der Waals surface area contributed by atoms with E-state index in [9.17, 15) is 0 Å². The highest BCUT2D eigenvalue weighted by Crippen LogP contribution is 2.23. The fraction of sp³-hybridized carbons (Fsp3) is 0.250. The summed E-state index contributed by atoms with van der Waals surface area (Å²) in [6.07, 6.45) is 1.62. The maximum Gasteiger partial charge on any atom is 0.158 e. The number of aromatic nitrogens is 3. The van der Waals surface area contributed by atoms with Crippen LogP contribution in [0.15, 0.2) is 22.2 Å². The molecule has 2 rings (SSSR count). The molecule has 1 N–H and O–H groups in total. The van der Waals surface area contributed by atoms with Crippen molar-refractivity contribution in [3.05, 3.63) is 32.9 Å². The van der Waals surface area contributed by atoms with Gasteiger partial charge in [-0.1, -0.05) is 0 Å². The second-order valence-electron chi connectivity index (χ2n) is 2.72. The third kappa shape index (κ3) is 1.87. The highest BCUT2D eigenvalue weighted by Gasteiger charge is 2.06. The van der Waals surface area contributed by atoms with Crippen LogP contribution >= 0.6 is 27.3 Å². The Bertz CT molecular complexity index is 426. The molecule has 2 aromatic rings. The topological polar surface area (TPSA) is 50.9 Å². The lowest BCUT2D eigenvalue weighted by Crippen LogP contribution is -2.03. The van der Waals surface area contributed by atoms with Crippen LogP contribution in [0.1, 0.15) is 10.7 Å². The summed E-state index contributed by atoms with van der Waals surface area (Å²) in [6.45, 7) is 0.615. The van der Waals surface area contributed by atoms with Crippen molar-refractivity contribution in [3.63, 3.8) is 0 Å². The van der Waals surface area contributed by atoms with Gasteiger partial charge in [0.1, 0.15) is 12.9 Å². The third-order valence-electron chi connectivity index (χ3n) is 1.84. The molecule has 0 fully saturated rings. The van der Waals surface area contributed by atoms with Crippen LogP contribution in [0.4, 0.5) is 0 Å². The van der Waals surface area contributed by atoms with Crippen LogP contribution in [0.25, 0.3) is 0 Å². The van der Waals surface area contributed by atoms with Crippen molar-refractivity contribution in [2.45, 2.75) is 13.2 Å². The van der Waals surface area contributed by atoms with E-state index in [-0.39, 0.29) is 6.61 Å². The van der Waals surface area contributed by atoms with Crippen molar-refractivity contribution >= 4 is 27.3 Å². The van der Waals surface area contributed by atoms with Gasteiger partial charge in [-0.2, -0.15) is 0 Å². The Balaban J connectivity index is 2.22. The summed E-state index contributed by atoms with van der Waals surface area (Å²) in [5.74, 6) is 0.588. The SMILES string of the molecule is OCc1nncn1Cc1sccc1Br. The normalized spacial score (nSPS) is 10.7. The van der Waals surface area contributed by atoms with E-state index in [1.165, 1.54) is 4.88 Å². The average molecular weight is 274 g/mol. The van der Waals surface area contributed by atoms with E-state index in [2.05, 4.69) is 26.1 Å². The lowest BCUT2D eigenvalue weighted by Gasteiger charge is -2.02. The molecule has 0 saturated heterocycles. The Kier molecular flexibility index (Phi) is 2.95. The number of hydrogen-bond acceptors (Lipinski definition) is 4. The van der Waals surface area contributed by atoms with Gasteiger partial charge in [0.05, 0.1) is 6.54 Å². The number of aliphatic hydroxyl groups is 1. The van der Waals surface area contributed by atoms with E-state index in [0.29, 0.717) is 12.4 Å². The van der Waals surface area contributed by atoms with Crippen molar-refractivity contribution in [1.82, 2.24) is 14.8 Å². The summed E-state index contributed by atoms with van der Waals surface area (Å²) in [6, 6.07) is 2.00. The molecular weight excluding hydrogens is 266 g/mol. The van der Waals surface area contributed by atoms with Gasteiger partial charge < -0.3 is 9.67 Å². The maximum absolute atomic E-state index is 8.97. The van der Waals surface area contributed by atoms with Crippen LogP contribution in [0, 0.1) is 0 Å². The molecule has 0 amide bonds. The predicted octanol–water partition coefficient (Wildman–Crippen LogP) is 1.64. The quantitative estimate of drug-likeness (QED) is 0.925. The number of thiophene rings is 1. The lowest BCUT2D eigenvalue weighted by atomic mass is 10.4. The van der Waals surface area contributed by atoms with Gasteiger partial charge in [-0.25, -0.2) is 0 Å². The summed E-state index contributed by atoms with van der Waals surface area (Å²) >= 11 is 5.11. The minimum absolute atomic E-state index is 0.0804. The van der Waals surface area contributed by atoms with Crippen LogP contribution in [0.5, 0.6) is 0 Å². The molecule has 74 valence electrons. The van der Waals surface area contributed by atoms with Gasteiger partial charge in [-0.3, -0.25) is 0 Å². The average Bonchev–Trinajstić information content (AvgIpc) is 2.77. The van der Waals surface area contributed by atoms with Crippen LogP contribution in [0.2, 0.25) is 0 Å². The molecule has 0 bridgehead atoms. The van der Waals surface area contributed by atoms with Crippen LogP contribution in [0.3, 0.4) is 0 Å². The predicted molar refractivity (Wildman–Crippen MR) is 57.1 cm³/mol. The fourth-order valence-corrected chi connectivity index (χ4v) is 2.60. The molecule has 0 atom stereocenters. The summed E-state index contributed by atoms with van der Waals surface area (Å²) in [5.41, 5.74) is 0. The third-order valence-corrected chi connectivity index (χ3v) is 3.75. The van der Waals surface area contributed by atoms with E-state index >= 15 is 0 Å². The van der Waals surface area contributed by atoms with Crippen LogP contribution in [-0.4, -0.2) is 19.9 Å². The first kappa shape index (κ1) is 9.82. The number of halogens is 1. The van der Waals surface area contributed by atoms with Crippen molar-refractivity contribution in [1.29, 1.82) is 0 Å². The van der Waals surface area contributed by atoms with Crippen molar-refractivity contribution in [2.75, 3.05) is 0 Å². The number of nitrogens with zero attached hydrogens (tertiary/aromatic N) is 3. The molecule has 4 nitrogen and oxygen atoms in total. The zero-order valence-electron chi connectivity index (χ0n) is 7.22. The van der Waals surface area contributed by atoms with Gasteiger partial charge in [0, 0.05) is 9.35 Å². The Morgan fingerprint density at radius 3 is 3.07 bits per heavy atom. The van der Waals surface area contributed by atoms with E-state index in [4.69, 9.17) is 5.11 Å². The molecule has 0 aromatic carbocycles. The lowest BCUT2D eigenvalue weighted by molar-refractivity contribution is 0.265. The van der Waals surface area contributed by atoms with Crippen molar-refractivity contribution < 1.29 is 5.11 Å². The van der Waals surface area contributed by atoms with Crippen LogP contribution < -0.4 is 0 Å². The summed E-state index contributed by atoms with van der Waals surface area (Å²) in [7, 11) is 0. The first-order valence-corrected chi connectivity index (χ1v) is 5.68. The van der Waals surface area contributed by atoms with E-state index in [1.807, 2.05) is 16.0 Å². The van der Waals surface area contributed by atoms with Crippen LogP contribution in [-0.2, 0) is 13.2 Å². The maximum atomic E-state index is 8.97. The minimum atomic E-state index is -0.0804. The first-order chi connectivity index (χ1) is 6.81. The minimum Gasteiger partial charge on any atom is -0.388 e. The van der Waals surface area contributed by atoms with Crippen molar-refractivity contribution in [3.8, 4) is 0 Å². The highest BCUT2D eigenvalue weighted by atomic mass is 79.9. The van der Waals surface area contributed by atoms with E-state index < -0.39 is 0 Å². The van der Waals surface area contributed by atoms with Crippen molar-refractivity contribution in [2.24, 2.45) is 0 Å². The standard InChI is InChI=1S/C8H8BrN3OS/c9-6-1-2-14-7(6)3-12-5-10-11-8(12)4-13/h1-2,5,13H,3-4H2. The molecule has 6 heteroatoms. The zero-order valence-corrected chi connectivity index (χ0v) is 9.62. The molecule has 0 aliphatic rings. The molecule has 0 aliphatic heterocycles. The smallest absolute Gasteiger partial charge is 0.158 e. The molecule has 0 spiro atoms. The molecule has 0 aliphatic carbocycles. The van der Waals surface area contributed by atoms with Gasteiger partial charge in [0.25, 0.3) is 0 Å². The first-order valence-electron chi connectivity index (χ1n) is 4.00. The molecule has 2 heterocycles. The highest BCUT2D eigenvalue weighted by molar-refractivity contribution is 9.10. The van der Waals surface area contributed by atoms with Gasteiger partial charge >= 0.3 is 0 Å². The number of rotatable bonds is 3. The Labute approximate surface area is 93.3 Å². The van der Waals surface area contributed by atoms with Gasteiger partial charge in [0.15, 0.2) is 5.82 Å². The second kappa shape index (κ2) is 4.20. The van der Waals surface area contributed by atoms with E-state index in [0.717, 1.165) is 4.47 Å². The molecule has 14 heavy (non-hydrogen) atoms.